The Bertz CT molecular complexity index is 334. The summed E-state index contributed by atoms with van der Waals surface area (Å²) in [5.41, 5.74) is 8.17. The van der Waals surface area contributed by atoms with E-state index in [0.29, 0.717) is 6.37 Å². The first-order chi connectivity index (χ1) is 6.77. The Labute approximate surface area is 98.0 Å². The van der Waals surface area contributed by atoms with Crippen molar-refractivity contribution in [2.75, 3.05) is 5.73 Å². The van der Waals surface area contributed by atoms with Gasteiger partial charge in [0.25, 0.3) is 0 Å². The van der Waals surface area contributed by atoms with Gasteiger partial charge in [0.2, 0.25) is 0 Å². The first kappa shape index (κ1) is 11.5. The molecule has 1 aromatic rings. The van der Waals surface area contributed by atoms with Crippen LogP contribution >= 0.6 is 28.4 Å². The number of rotatable bonds is 4. The van der Waals surface area contributed by atoms with Gasteiger partial charge in [-0.1, -0.05) is 12.1 Å². The first-order valence-corrected chi connectivity index (χ1v) is 8.07. The Morgan fingerprint density at radius 3 is 2.57 bits per heavy atom. The minimum Gasteiger partial charge on any atom is -0.399 e. The summed E-state index contributed by atoms with van der Waals surface area (Å²) in [6.07, 6.45) is 3.78. The van der Waals surface area contributed by atoms with Gasteiger partial charge in [-0.05, 0) is 39.7 Å². The van der Waals surface area contributed by atoms with E-state index < -0.39 is 0 Å². The minimum absolute atomic E-state index is 0.612. The van der Waals surface area contributed by atoms with Gasteiger partial charge < -0.3 is 16.2 Å². The van der Waals surface area contributed by atoms with E-state index in [1.54, 1.807) is 0 Å². The number of hydrogen-bond donors (Lipinski definition) is 3. The Morgan fingerprint density at radius 1 is 1.43 bits per heavy atom. The fourth-order valence-electron chi connectivity index (χ4n) is 0.989. The lowest BCUT2D eigenvalue weighted by atomic mass is 10.1. The number of nitrogens with two attached hydrogens (primary N) is 1. The summed E-state index contributed by atoms with van der Waals surface area (Å²) in [6, 6.07) is 7.48. The van der Waals surface area contributed by atoms with E-state index in [4.69, 9.17) is 11.1 Å². The number of halogens is 1. The second-order valence-corrected chi connectivity index (χ2v) is 4.70. The molecular formula is C9H11IN3P. The third-order valence-corrected chi connectivity index (χ3v) is 2.87. The van der Waals surface area contributed by atoms with Crippen molar-refractivity contribution in [3.8, 4) is 0 Å². The maximum atomic E-state index is 7.27. The van der Waals surface area contributed by atoms with Crippen molar-refractivity contribution >= 4 is 45.9 Å². The van der Waals surface area contributed by atoms with Crippen LogP contribution < -0.4 is 10.8 Å². The quantitative estimate of drug-likeness (QED) is 0.346. The van der Waals surface area contributed by atoms with Gasteiger partial charge in [-0.15, -0.1) is 0 Å². The zero-order valence-electron chi connectivity index (χ0n) is 7.42. The molecule has 0 aliphatic rings. The molecule has 1 rings (SSSR count). The highest BCUT2D eigenvalue weighted by Crippen LogP contribution is 2.18. The summed E-state index contributed by atoms with van der Waals surface area (Å²) in [5, 5.41) is 10.3. The number of anilines is 1. The zero-order valence-corrected chi connectivity index (χ0v) is 10.6. The summed E-state index contributed by atoms with van der Waals surface area (Å²) in [7, 11) is 0. The summed E-state index contributed by atoms with van der Waals surface area (Å²) in [5.74, 6) is 0. The third-order valence-electron chi connectivity index (χ3n) is 1.68. The van der Waals surface area contributed by atoms with Crippen molar-refractivity contribution in [3.63, 3.8) is 0 Å². The molecule has 0 saturated carbocycles. The number of allylic oxidation sites excluding steroid dienone is 1. The van der Waals surface area contributed by atoms with Gasteiger partial charge in [-0.25, -0.2) is 0 Å². The average molecular weight is 319 g/mol. The molecule has 4 N–H and O–H groups in total. The van der Waals surface area contributed by atoms with Crippen LogP contribution in [-0.4, -0.2) is 6.21 Å². The Kier molecular flexibility index (Phi) is 4.90. The molecule has 0 radical (unpaired) electrons. The van der Waals surface area contributed by atoms with E-state index in [1.165, 1.54) is 6.21 Å². The maximum absolute atomic E-state index is 7.27. The van der Waals surface area contributed by atoms with Crippen LogP contribution in [-0.2, 0) is 0 Å². The summed E-state index contributed by atoms with van der Waals surface area (Å²) < 4.78 is 0. The second kappa shape index (κ2) is 5.98. The molecule has 1 aromatic carbocycles. The van der Waals surface area contributed by atoms with E-state index in [9.17, 15) is 0 Å². The molecule has 1 unspecified atom stereocenters. The predicted molar refractivity (Wildman–Crippen MR) is 73.1 cm³/mol. The van der Waals surface area contributed by atoms with Crippen molar-refractivity contribution in [3.05, 3.63) is 36.0 Å². The highest BCUT2D eigenvalue weighted by atomic mass is 127. The van der Waals surface area contributed by atoms with Gasteiger partial charge in [0.1, 0.15) is 0 Å². The largest absolute Gasteiger partial charge is 0.399 e. The summed E-state index contributed by atoms with van der Waals surface area (Å²) in [6.45, 7) is 0. The molecule has 0 bridgehead atoms. The van der Waals surface area contributed by atoms with Crippen LogP contribution in [0.1, 0.15) is 5.56 Å². The smallest absolute Gasteiger partial charge is 0.0393 e. The van der Waals surface area contributed by atoms with Crippen molar-refractivity contribution in [2.24, 2.45) is 0 Å². The average Bonchev–Trinajstić information content (AvgIpc) is 2.21. The predicted octanol–water partition coefficient (Wildman–Crippen LogP) is 2.79. The normalized spacial score (nSPS) is 11.9. The van der Waals surface area contributed by atoms with Crippen LogP contribution in [0.15, 0.2) is 30.5 Å². The van der Waals surface area contributed by atoms with Gasteiger partial charge >= 0.3 is 0 Å². The third kappa shape index (κ3) is 3.27. The van der Waals surface area contributed by atoms with Crippen molar-refractivity contribution in [2.45, 2.75) is 0 Å². The second-order valence-electron chi connectivity index (χ2n) is 2.60. The van der Waals surface area contributed by atoms with Gasteiger partial charge in [-0.2, -0.15) is 0 Å². The molecule has 0 spiro atoms. The topological polar surface area (TPSA) is 61.9 Å². The van der Waals surface area contributed by atoms with Gasteiger partial charge in [0, 0.05) is 30.0 Å². The molecule has 74 valence electrons. The number of nitrogens with one attached hydrogen (secondary N) is 2. The van der Waals surface area contributed by atoms with E-state index in [2.05, 4.69) is 27.1 Å². The fourth-order valence-corrected chi connectivity index (χ4v) is 1.67. The molecule has 1 atom stereocenters. The highest BCUT2D eigenvalue weighted by Gasteiger charge is 1.96. The lowest BCUT2D eigenvalue weighted by Crippen LogP contribution is -1.92. The molecule has 0 aliphatic heterocycles. The Hall–Kier alpha value is -0.610. The van der Waals surface area contributed by atoms with E-state index >= 15 is 0 Å². The molecule has 14 heavy (non-hydrogen) atoms. The molecule has 3 nitrogen and oxygen atoms in total. The molecule has 0 saturated heterocycles. The molecule has 0 fully saturated rings. The van der Waals surface area contributed by atoms with Crippen molar-refractivity contribution in [1.82, 2.24) is 5.09 Å². The van der Waals surface area contributed by atoms with Gasteiger partial charge in [-0.3, -0.25) is 0 Å². The highest BCUT2D eigenvalue weighted by molar-refractivity contribution is 14.2. The Morgan fingerprint density at radius 2 is 2.07 bits per heavy atom. The molecular weight excluding hydrogens is 308 g/mol. The van der Waals surface area contributed by atoms with Crippen molar-refractivity contribution < 1.29 is 0 Å². The standard InChI is InChI=1S/C9H11IN3P/c10-14-13-6-8(5-11)7-1-3-9(12)4-2-7/h1-6,11,13-14H,12H2/b8-6+,11-5?. The van der Waals surface area contributed by atoms with Crippen LogP contribution in [0.4, 0.5) is 5.69 Å². The van der Waals surface area contributed by atoms with Crippen LogP contribution in [0, 0.1) is 5.41 Å². The molecule has 0 heterocycles. The SMILES string of the molecule is N=C/C(=C\NPI)c1ccc(N)cc1. The Balaban J connectivity index is 2.89. The van der Waals surface area contributed by atoms with E-state index in [1.807, 2.05) is 30.5 Å². The van der Waals surface area contributed by atoms with Crippen molar-refractivity contribution in [1.29, 1.82) is 5.41 Å². The van der Waals surface area contributed by atoms with E-state index in [-0.39, 0.29) is 0 Å². The van der Waals surface area contributed by atoms with Crippen LogP contribution in [0.3, 0.4) is 0 Å². The van der Waals surface area contributed by atoms with Crippen LogP contribution in [0.2, 0.25) is 0 Å². The molecule has 0 amide bonds. The fraction of sp³-hybridized carbons (Fsp3) is 0. The lowest BCUT2D eigenvalue weighted by Gasteiger charge is -2.02. The van der Waals surface area contributed by atoms with Gasteiger partial charge in [0.15, 0.2) is 0 Å². The minimum atomic E-state index is 0.612. The summed E-state index contributed by atoms with van der Waals surface area (Å²) >= 11 is 2.24. The first-order valence-electron chi connectivity index (χ1n) is 3.95. The molecule has 0 aromatic heterocycles. The number of nitrogen functional groups attached to an aromatic ring is 1. The maximum Gasteiger partial charge on any atom is 0.0393 e. The molecule has 5 heteroatoms. The number of hydrogen-bond acceptors (Lipinski definition) is 3. The zero-order chi connectivity index (χ0) is 10.4. The summed E-state index contributed by atoms with van der Waals surface area (Å²) in [4.78, 5) is 0. The van der Waals surface area contributed by atoms with Gasteiger partial charge in [0.05, 0.1) is 0 Å². The number of benzene rings is 1. The van der Waals surface area contributed by atoms with Crippen LogP contribution in [0.25, 0.3) is 5.57 Å². The van der Waals surface area contributed by atoms with E-state index in [0.717, 1.165) is 16.8 Å². The lowest BCUT2D eigenvalue weighted by molar-refractivity contribution is 1.42. The molecule has 0 aliphatic carbocycles. The van der Waals surface area contributed by atoms with Crippen LogP contribution in [0.5, 0.6) is 0 Å². The monoisotopic (exact) mass is 319 g/mol.